The molecule has 0 unspecified atom stereocenters. The maximum Gasteiger partial charge on any atom is 0.336 e. The zero-order valence-electron chi connectivity index (χ0n) is 16.4. The van der Waals surface area contributed by atoms with Gasteiger partial charge in [0.15, 0.2) is 0 Å². The normalized spacial score (nSPS) is 15.1. The summed E-state index contributed by atoms with van der Waals surface area (Å²) in [6.07, 6.45) is 0. The number of sulfonamides is 1. The van der Waals surface area contributed by atoms with E-state index >= 15 is 0 Å². The van der Waals surface area contributed by atoms with Gasteiger partial charge in [-0.3, -0.25) is 10.1 Å². The number of nitro benzene ring substituents is 1. The van der Waals surface area contributed by atoms with E-state index in [9.17, 15) is 23.3 Å². The molecule has 0 amide bonds. The number of rotatable bonds is 5. The Balaban J connectivity index is 1.78. The molecule has 31 heavy (non-hydrogen) atoms. The second-order valence-corrected chi connectivity index (χ2v) is 8.82. The molecule has 1 saturated heterocycles. The van der Waals surface area contributed by atoms with Gasteiger partial charge in [-0.05, 0) is 30.7 Å². The number of hydrogen-bond acceptors (Lipinski definition) is 8. The first-order chi connectivity index (χ1) is 14.8. The molecule has 1 aliphatic rings. The number of fused-ring (bicyclic) bond motifs is 1. The van der Waals surface area contributed by atoms with Crippen molar-refractivity contribution in [3.05, 3.63) is 68.6 Å². The van der Waals surface area contributed by atoms with Crippen molar-refractivity contribution in [2.24, 2.45) is 0 Å². The van der Waals surface area contributed by atoms with Gasteiger partial charge in [-0.15, -0.1) is 0 Å². The Bertz CT molecular complexity index is 1330. The van der Waals surface area contributed by atoms with E-state index in [-0.39, 0.29) is 54.0 Å². The van der Waals surface area contributed by atoms with Gasteiger partial charge in [-0.2, -0.15) is 4.31 Å². The Kier molecular flexibility index (Phi) is 5.48. The average molecular weight is 446 g/mol. The first-order valence-corrected chi connectivity index (χ1v) is 10.8. The van der Waals surface area contributed by atoms with Crippen molar-refractivity contribution in [1.29, 1.82) is 0 Å². The van der Waals surface area contributed by atoms with Gasteiger partial charge < -0.3 is 13.9 Å². The highest BCUT2D eigenvalue weighted by Crippen LogP contribution is 2.35. The number of non-ortho nitro benzene ring substituents is 1. The molecule has 1 fully saturated rings. The van der Waals surface area contributed by atoms with Crippen LogP contribution in [-0.2, 0) is 14.8 Å². The Morgan fingerprint density at radius 3 is 2.55 bits per heavy atom. The third-order valence-electron chi connectivity index (χ3n) is 4.88. The van der Waals surface area contributed by atoms with Crippen molar-refractivity contribution >= 4 is 26.7 Å². The zero-order chi connectivity index (χ0) is 22.2. The Morgan fingerprint density at radius 2 is 1.84 bits per heavy atom. The van der Waals surface area contributed by atoms with E-state index in [0.29, 0.717) is 5.39 Å². The lowest BCUT2D eigenvalue weighted by atomic mass is 10.1. The summed E-state index contributed by atoms with van der Waals surface area (Å²) in [6, 6.07) is 9.50. The van der Waals surface area contributed by atoms with Crippen LogP contribution < -0.4 is 10.4 Å². The highest BCUT2D eigenvalue weighted by atomic mass is 32.2. The molecule has 0 aliphatic carbocycles. The SMILES string of the molecule is Cc1cc(=O)oc2cc(Oc3ccc([N+](=O)[O-])cc3S(=O)(=O)N3CCOCC3)ccc12. The smallest absolute Gasteiger partial charge is 0.336 e. The van der Waals surface area contributed by atoms with Gasteiger partial charge in [0, 0.05) is 42.7 Å². The molecule has 0 saturated carbocycles. The summed E-state index contributed by atoms with van der Waals surface area (Å²) in [5.41, 5.74) is 0.109. The Hall–Kier alpha value is -3.28. The topological polar surface area (TPSA) is 129 Å². The fourth-order valence-corrected chi connectivity index (χ4v) is 4.86. The molecule has 3 aromatic rings. The van der Waals surface area contributed by atoms with E-state index < -0.39 is 20.6 Å². The minimum atomic E-state index is -4.07. The molecule has 10 nitrogen and oxygen atoms in total. The summed E-state index contributed by atoms with van der Waals surface area (Å²) in [4.78, 5) is 21.9. The molecule has 0 spiro atoms. The van der Waals surface area contributed by atoms with Crippen LogP contribution in [0.1, 0.15) is 5.56 Å². The lowest BCUT2D eigenvalue weighted by molar-refractivity contribution is -0.385. The first-order valence-electron chi connectivity index (χ1n) is 9.34. The summed E-state index contributed by atoms with van der Waals surface area (Å²) in [7, 11) is -4.07. The van der Waals surface area contributed by atoms with E-state index in [1.54, 1.807) is 19.1 Å². The predicted octanol–water partition coefficient (Wildman–Crippen LogP) is 2.82. The highest BCUT2D eigenvalue weighted by molar-refractivity contribution is 7.89. The molecule has 0 atom stereocenters. The fraction of sp³-hybridized carbons (Fsp3) is 0.250. The second-order valence-electron chi connectivity index (χ2n) is 6.91. The fourth-order valence-electron chi connectivity index (χ4n) is 3.32. The predicted molar refractivity (Wildman–Crippen MR) is 110 cm³/mol. The number of nitrogens with zero attached hydrogens (tertiary/aromatic N) is 2. The molecule has 162 valence electrons. The molecule has 2 heterocycles. The van der Waals surface area contributed by atoms with Gasteiger partial charge in [-0.25, -0.2) is 13.2 Å². The maximum absolute atomic E-state index is 13.2. The molecule has 11 heteroatoms. The monoisotopic (exact) mass is 446 g/mol. The molecule has 4 rings (SSSR count). The Morgan fingerprint density at radius 1 is 1.10 bits per heavy atom. The quantitative estimate of drug-likeness (QED) is 0.332. The third-order valence-corrected chi connectivity index (χ3v) is 6.80. The van der Waals surface area contributed by atoms with Crippen LogP contribution >= 0.6 is 0 Å². The van der Waals surface area contributed by atoms with Crippen molar-refractivity contribution < 1.29 is 27.2 Å². The van der Waals surface area contributed by atoms with Crippen LogP contribution in [-0.4, -0.2) is 43.9 Å². The van der Waals surface area contributed by atoms with E-state index in [4.69, 9.17) is 13.9 Å². The minimum absolute atomic E-state index is 0.0774. The van der Waals surface area contributed by atoms with Gasteiger partial charge in [-0.1, -0.05) is 0 Å². The zero-order valence-corrected chi connectivity index (χ0v) is 17.3. The summed E-state index contributed by atoms with van der Waals surface area (Å²) < 4.78 is 43.7. The number of benzene rings is 2. The molecule has 1 aliphatic heterocycles. The van der Waals surface area contributed by atoms with Gasteiger partial charge in [0.25, 0.3) is 5.69 Å². The summed E-state index contributed by atoms with van der Waals surface area (Å²) in [5.74, 6) is 0.139. The van der Waals surface area contributed by atoms with Crippen molar-refractivity contribution in [2.75, 3.05) is 26.3 Å². The van der Waals surface area contributed by atoms with Crippen molar-refractivity contribution in [3.63, 3.8) is 0 Å². The molecular formula is C20H18N2O8S. The van der Waals surface area contributed by atoms with Crippen LogP contribution in [0.2, 0.25) is 0 Å². The minimum Gasteiger partial charge on any atom is -0.456 e. The molecule has 0 bridgehead atoms. The van der Waals surface area contributed by atoms with E-state index in [1.807, 2.05) is 0 Å². The number of aryl methyl sites for hydroxylation is 1. The van der Waals surface area contributed by atoms with Crippen LogP contribution in [0.4, 0.5) is 5.69 Å². The number of ether oxygens (including phenoxy) is 2. The first kappa shape index (κ1) is 21.0. The summed E-state index contributed by atoms with van der Waals surface area (Å²) >= 11 is 0. The lowest BCUT2D eigenvalue weighted by Gasteiger charge is -2.26. The summed E-state index contributed by atoms with van der Waals surface area (Å²) in [5, 5.41) is 11.9. The van der Waals surface area contributed by atoms with Gasteiger partial charge in [0.1, 0.15) is 22.0 Å². The maximum atomic E-state index is 13.2. The van der Waals surface area contributed by atoms with E-state index in [2.05, 4.69) is 0 Å². The molecule has 0 radical (unpaired) electrons. The van der Waals surface area contributed by atoms with Crippen LogP contribution in [0, 0.1) is 17.0 Å². The van der Waals surface area contributed by atoms with E-state index in [1.165, 1.54) is 28.6 Å². The van der Waals surface area contributed by atoms with Crippen molar-refractivity contribution in [1.82, 2.24) is 4.31 Å². The number of morpholine rings is 1. The molecular weight excluding hydrogens is 428 g/mol. The van der Waals surface area contributed by atoms with Crippen LogP contribution in [0.25, 0.3) is 11.0 Å². The Labute approximate surface area is 176 Å². The largest absolute Gasteiger partial charge is 0.456 e. The van der Waals surface area contributed by atoms with Gasteiger partial charge in [0.05, 0.1) is 18.1 Å². The van der Waals surface area contributed by atoms with Crippen LogP contribution in [0.5, 0.6) is 11.5 Å². The second kappa shape index (κ2) is 8.10. The van der Waals surface area contributed by atoms with Crippen LogP contribution in [0.15, 0.2) is 56.6 Å². The third kappa shape index (κ3) is 4.15. The highest BCUT2D eigenvalue weighted by Gasteiger charge is 2.31. The molecule has 2 aromatic carbocycles. The van der Waals surface area contributed by atoms with Gasteiger partial charge >= 0.3 is 5.63 Å². The van der Waals surface area contributed by atoms with Gasteiger partial charge in [0.2, 0.25) is 10.0 Å². The van der Waals surface area contributed by atoms with Crippen LogP contribution in [0.3, 0.4) is 0 Å². The summed E-state index contributed by atoms with van der Waals surface area (Å²) in [6.45, 7) is 2.49. The molecule has 1 aromatic heterocycles. The van der Waals surface area contributed by atoms with Crippen molar-refractivity contribution in [3.8, 4) is 11.5 Å². The van der Waals surface area contributed by atoms with E-state index in [0.717, 1.165) is 11.6 Å². The van der Waals surface area contributed by atoms with Crippen molar-refractivity contribution in [2.45, 2.75) is 11.8 Å². The number of nitro groups is 1. The number of hydrogen-bond donors (Lipinski definition) is 0. The average Bonchev–Trinajstić information content (AvgIpc) is 2.74. The standard InChI is InChI=1S/C20H18N2O8S/c1-13-10-20(23)30-18-12-15(3-4-16(13)18)29-17-5-2-14(22(24)25)11-19(17)31(26,27)21-6-8-28-9-7-21/h2-5,10-12H,6-9H2,1H3. The lowest BCUT2D eigenvalue weighted by Crippen LogP contribution is -2.40. The molecule has 0 N–H and O–H groups in total.